The molecule has 4 aromatic rings. The van der Waals surface area contributed by atoms with E-state index in [0.29, 0.717) is 11.5 Å². The average Bonchev–Trinajstić information content (AvgIpc) is 2.78. The number of Topliss-reactive ketones (excluding diaryl/α,β-unsaturated/α-hetero) is 1. The first kappa shape index (κ1) is 21.5. The third-order valence-electron chi connectivity index (χ3n) is 4.86. The highest BCUT2D eigenvalue weighted by molar-refractivity contribution is 8.93. The van der Waals surface area contributed by atoms with E-state index in [-0.39, 0.29) is 29.3 Å². The minimum Gasteiger partial charge on any atom is -0.493 e. The lowest BCUT2D eigenvalue weighted by molar-refractivity contribution is -0.686. The number of ether oxygens (including phenoxy) is 2. The molecule has 3 aromatic carbocycles. The van der Waals surface area contributed by atoms with Crippen LogP contribution in [0.5, 0.6) is 11.5 Å². The summed E-state index contributed by atoms with van der Waals surface area (Å²) < 4.78 is 12.4. The van der Waals surface area contributed by atoms with Gasteiger partial charge in [0.2, 0.25) is 5.78 Å². The normalized spacial score (nSPS) is 10.3. The van der Waals surface area contributed by atoms with Crippen LogP contribution in [0.3, 0.4) is 0 Å². The number of carbonyl (C=O) groups excluding carboxylic acids is 1. The van der Waals surface area contributed by atoms with E-state index in [1.54, 1.807) is 25.1 Å². The van der Waals surface area contributed by atoms with E-state index in [4.69, 9.17) is 9.47 Å². The Labute approximate surface area is 185 Å². The first-order valence-electron chi connectivity index (χ1n) is 9.28. The first-order chi connectivity index (χ1) is 14.2. The Hall–Kier alpha value is -3.25. The van der Waals surface area contributed by atoms with Crippen molar-refractivity contribution >= 4 is 33.5 Å². The fourth-order valence-electron chi connectivity index (χ4n) is 3.36. The third kappa shape index (κ3) is 4.33. The van der Waals surface area contributed by atoms with Crippen LogP contribution in [0.1, 0.15) is 10.4 Å². The van der Waals surface area contributed by atoms with Gasteiger partial charge < -0.3 is 9.47 Å². The molecule has 1 aromatic heterocycles. The van der Waals surface area contributed by atoms with Gasteiger partial charge >= 0.3 is 0 Å². The number of benzene rings is 3. The van der Waals surface area contributed by atoms with Crippen molar-refractivity contribution < 1.29 is 18.8 Å². The Morgan fingerprint density at radius 3 is 2.43 bits per heavy atom. The van der Waals surface area contributed by atoms with E-state index in [9.17, 15) is 4.79 Å². The lowest BCUT2D eigenvalue weighted by Gasteiger charge is -2.08. The van der Waals surface area contributed by atoms with Gasteiger partial charge in [-0.3, -0.25) is 4.79 Å². The van der Waals surface area contributed by atoms with Crippen molar-refractivity contribution in [3.8, 4) is 22.8 Å². The number of methoxy groups -OCH3 is 2. The molecular weight excluding hydrogens is 444 g/mol. The van der Waals surface area contributed by atoms with Crippen molar-refractivity contribution in [1.82, 2.24) is 4.98 Å². The Kier molecular flexibility index (Phi) is 6.79. The van der Waals surface area contributed by atoms with Crippen LogP contribution in [0.15, 0.2) is 79.3 Å². The molecule has 30 heavy (non-hydrogen) atoms. The zero-order valence-electron chi connectivity index (χ0n) is 16.7. The largest absolute Gasteiger partial charge is 0.493 e. The van der Waals surface area contributed by atoms with E-state index >= 15 is 0 Å². The molecule has 1 heterocycles. The summed E-state index contributed by atoms with van der Waals surface area (Å²) in [4.78, 5) is 17.4. The molecule has 0 N–H and O–H groups in total. The van der Waals surface area contributed by atoms with E-state index in [2.05, 4.69) is 4.98 Å². The minimum absolute atomic E-state index is 0. The summed E-state index contributed by atoms with van der Waals surface area (Å²) in [5.74, 6) is 1.37. The highest BCUT2D eigenvalue weighted by atomic mass is 79.9. The van der Waals surface area contributed by atoms with Crippen LogP contribution >= 0.6 is 17.0 Å². The number of aromatic nitrogens is 2. The molecule has 0 aliphatic carbocycles. The Balaban J connectivity index is 0.00000256. The van der Waals surface area contributed by atoms with Gasteiger partial charge in [-0.1, -0.05) is 42.5 Å². The molecule has 152 valence electrons. The fraction of sp³-hybridized carbons (Fsp3) is 0.125. The van der Waals surface area contributed by atoms with Crippen LogP contribution in [0.2, 0.25) is 0 Å². The molecule has 0 atom stereocenters. The predicted octanol–water partition coefficient (Wildman–Crippen LogP) is 4.67. The highest BCUT2D eigenvalue weighted by Crippen LogP contribution is 2.31. The maximum absolute atomic E-state index is 12.9. The van der Waals surface area contributed by atoms with Gasteiger partial charge in [-0.15, -0.1) is 17.0 Å². The van der Waals surface area contributed by atoms with Crippen molar-refractivity contribution in [2.75, 3.05) is 14.2 Å². The van der Waals surface area contributed by atoms with E-state index in [1.165, 1.54) is 0 Å². The number of hydrogen-bond acceptors (Lipinski definition) is 4. The molecule has 0 spiro atoms. The Morgan fingerprint density at radius 2 is 1.70 bits per heavy atom. The number of rotatable bonds is 6. The Morgan fingerprint density at radius 1 is 0.933 bits per heavy atom. The number of ketones is 1. The SMILES string of the molecule is Br.COc1ccc(-c2cc[n+](CC(=O)c3cccc4ccccc34)cn2)cc1OC. The van der Waals surface area contributed by atoms with Crippen LogP contribution in [-0.2, 0) is 6.54 Å². The molecule has 0 bridgehead atoms. The number of hydrogen-bond donors (Lipinski definition) is 0. The van der Waals surface area contributed by atoms with Gasteiger partial charge in [0.15, 0.2) is 23.7 Å². The van der Waals surface area contributed by atoms with Crippen molar-refractivity contribution in [2.24, 2.45) is 0 Å². The van der Waals surface area contributed by atoms with Crippen LogP contribution in [0.4, 0.5) is 0 Å². The van der Waals surface area contributed by atoms with E-state index in [1.807, 2.05) is 72.9 Å². The molecule has 4 rings (SSSR count). The molecule has 6 heteroatoms. The van der Waals surface area contributed by atoms with Gasteiger partial charge in [0.1, 0.15) is 0 Å². The standard InChI is InChI=1S/C24H21N2O3.BrH/c1-28-23-11-10-18(14-24(23)29-2)21-12-13-26(16-25-21)15-22(27)20-9-5-7-17-6-3-4-8-19(17)20;/h3-14,16H,15H2,1-2H3;1H/q+1;. The molecule has 5 nitrogen and oxygen atoms in total. The molecule has 0 saturated carbocycles. The summed E-state index contributed by atoms with van der Waals surface area (Å²) in [5.41, 5.74) is 2.43. The molecule has 0 aliphatic rings. The third-order valence-corrected chi connectivity index (χ3v) is 4.86. The van der Waals surface area contributed by atoms with Crippen molar-refractivity contribution in [3.63, 3.8) is 0 Å². The average molecular weight is 466 g/mol. The van der Waals surface area contributed by atoms with Crippen molar-refractivity contribution in [1.29, 1.82) is 0 Å². The molecule has 0 radical (unpaired) electrons. The first-order valence-corrected chi connectivity index (χ1v) is 9.28. The summed E-state index contributed by atoms with van der Waals surface area (Å²) in [7, 11) is 3.21. The molecule has 0 unspecified atom stereocenters. The van der Waals surface area contributed by atoms with Crippen LogP contribution in [-0.4, -0.2) is 25.0 Å². The maximum Gasteiger partial charge on any atom is 0.287 e. The lowest BCUT2D eigenvalue weighted by Crippen LogP contribution is -2.37. The van der Waals surface area contributed by atoms with E-state index in [0.717, 1.165) is 27.6 Å². The monoisotopic (exact) mass is 465 g/mol. The molecule has 0 saturated heterocycles. The second-order valence-corrected chi connectivity index (χ2v) is 6.64. The predicted molar refractivity (Wildman–Crippen MR) is 122 cm³/mol. The van der Waals surface area contributed by atoms with Crippen molar-refractivity contribution in [3.05, 3.63) is 84.8 Å². The molecule has 0 amide bonds. The lowest BCUT2D eigenvalue weighted by atomic mass is 10.0. The van der Waals surface area contributed by atoms with E-state index < -0.39 is 0 Å². The summed E-state index contributed by atoms with van der Waals surface area (Å²) in [6.07, 6.45) is 3.54. The molecule has 0 fully saturated rings. The molecular formula is C24H22BrN2O3+. The number of nitrogens with zero attached hydrogens (tertiary/aromatic N) is 2. The highest BCUT2D eigenvalue weighted by Gasteiger charge is 2.15. The van der Waals surface area contributed by atoms with Crippen LogP contribution < -0.4 is 14.0 Å². The number of carbonyl (C=O) groups is 1. The minimum atomic E-state index is 0. The number of fused-ring (bicyclic) bond motifs is 1. The summed E-state index contributed by atoms with van der Waals surface area (Å²) in [5, 5.41) is 2.03. The van der Waals surface area contributed by atoms with Crippen LogP contribution in [0.25, 0.3) is 22.0 Å². The van der Waals surface area contributed by atoms with Crippen LogP contribution in [0, 0.1) is 0 Å². The van der Waals surface area contributed by atoms with Gasteiger partial charge in [-0.25, -0.2) is 4.57 Å². The zero-order chi connectivity index (χ0) is 20.2. The topological polar surface area (TPSA) is 52.3 Å². The zero-order valence-corrected chi connectivity index (χ0v) is 18.5. The van der Waals surface area contributed by atoms with Gasteiger partial charge in [0.25, 0.3) is 6.33 Å². The van der Waals surface area contributed by atoms with Crippen molar-refractivity contribution in [2.45, 2.75) is 6.54 Å². The van der Waals surface area contributed by atoms with Gasteiger partial charge in [-0.2, -0.15) is 0 Å². The summed E-state index contributed by atoms with van der Waals surface area (Å²) in [6.45, 7) is 0.229. The summed E-state index contributed by atoms with van der Waals surface area (Å²) >= 11 is 0. The molecule has 0 aliphatic heterocycles. The second-order valence-electron chi connectivity index (χ2n) is 6.64. The Bertz CT molecular complexity index is 1170. The van der Waals surface area contributed by atoms with Gasteiger partial charge in [-0.05, 0) is 34.0 Å². The maximum atomic E-state index is 12.9. The second kappa shape index (κ2) is 9.50. The quantitative estimate of drug-likeness (QED) is 0.306. The van der Waals surface area contributed by atoms with Gasteiger partial charge in [0, 0.05) is 17.2 Å². The van der Waals surface area contributed by atoms with Gasteiger partial charge in [0.05, 0.1) is 20.4 Å². The smallest absolute Gasteiger partial charge is 0.287 e. The number of halogens is 1. The summed E-state index contributed by atoms with van der Waals surface area (Å²) in [6, 6.07) is 21.3. The fourth-order valence-corrected chi connectivity index (χ4v) is 3.36.